The number of carbonyl (C=O) groups excluding carboxylic acids is 1. The number of rotatable bonds is 10. The average Bonchev–Trinajstić information content (AvgIpc) is 2.76. The predicted molar refractivity (Wildman–Crippen MR) is 110 cm³/mol. The highest BCUT2D eigenvalue weighted by molar-refractivity contribution is 5.79. The van der Waals surface area contributed by atoms with Crippen LogP contribution in [-0.2, 0) is 17.8 Å². The van der Waals surface area contributed by atoms with Crippen molar-refractivity contribution in [3.63, 3.8) is 0 Å². The first-order chi connectivity index (χ1) is 14.0. The molecule has 0 aromatic heterocycles. The van der Waals surface area contributed by atoms with Crippen LogP contribution in [0.4, 0.5) is 0 Å². The molecular formula is C22H29NO6. The number of carbonyl (C=O) groups is 1. The Morgan fingerprint density at radius 3 is 1.79 bits per heavy atom. The summed E-state index contributed by atoms with van der Waals surface area (Å²) in [4.78, 5) is 14.7. The fraction of sp³-hybridized carbons (Fsp3) is 0.409. The van der Waals surface area contributed by atoms with E-state index in [1.54, 1.807) is 52.6 Å². The van der Waals surface area contributed by atoms with E-state index in [2.05, 4.69) is 0 Å². The second kappa shape index (κ2) is 10.5. The first-order valence-electron chi connectivity index (χ1n) is 9.28. The minimum atomic E-state index is -0.00319. The maximum absolute atomic E-state index is 12.9. The van der Waals surface area contributed by atoms with Gasteiger partial charge in [0, 0.05) is 13.1 Å². The molecule has 0 N–H and O–H groups in total. The normalized spacial score (nSPS) is 10.3. The Balaban J connectivity index is 2.20. The number of likely N-dealkylation sites (N-methyl/N-ethyl adjacent to an activating group) is 1. The standard InChI is InChI=1S/C22H29NO6/c1-7-23(14-15-8-9-17(25-2)18(10-15)26-3)21(24)13-16-11-19(27-4)22(29-6)20(12-16)28-5/h8-12H,7,13-14H2,1-6H3. The third-order valence-corrected chi connectivity index (χ3v) is 4.64. The van der Waals surface area contributed by atoms with Gasteiger partial charge in [0.15, 0.2) is 23.0 Å². The Hall–Kier alpha value is -3.09. The molecule has 0 atom stereocenters. The topological polar surface area (TPSA) is 66.5 Å². The van der Waals surface area contributed by atoms with Crippen LogP contribution in [0.3, 0.4) is 0 Å². The average molecular weight is 403 g/mol. The van der Waals surface area contributed by atoms with Crippen molar-refractivity contribution in [1.29, 1.82) is 0 Å². The molecule has 29 heavy (non-hydrogen) atoms. The van der Waals surface area contributed by atoms with Crippen molar-refractivity contribution in [1.82, 2.24) is 4.90 Å². The zero-order valence-corrected chi connectivity index (χ0v) is 17.9. The molecule has 0 fully saturated rings. The number of nitrogens with zero attached hydrogens (tertiary/aromatic N) is 1. The minimum Gasteiger partial charge on any atom is -0.493 e. The molecule has 7 heteroatoms. The van der Waals surface area contributed by atoms with E-state index in [9.17, 15) is 4.79 Å². The summed E-state index contributed by atoms with van der Waals surface area (Å²) in [5, 5.41) is 0. The van der Waals surface area contributed by atoms with Crippen LogP contribution in [0.1, 0.15) is 18.1 Å². The van der Waals surface area contributed by atoms with E-state index >= 15 is 0 Å². The van der Waals surface area contributed by atoms with Gasteiger partial charge in [-0.1, -0.05) is 6.07 Å². The van der Waals surface area contributed by atoms with Gasteiger partial charge in [-0.25, -0.2) is 0 Å². The van der Waals surface area contributed by atoms with E-state index in [0.29, 0.717) is 41.8 Å². The van der Waals surface area contributed by atoms with Gasteiger partial charge in [-0.05, 0) is 42.3 Å². The van der Waals surface area contributed by atoms with Gasteiger partial charge in [0.2, 0.25) is 11.7 Å². The molecule has 158 valence electrons. The van der Waals surface area contributed by atoms with Crippen molar-refractivity contribution in [3.8, 4) is 28.7 Å². The van der Waals surface area contributed by atoms with Crippen LogP contribution in [0.15, 0.2) is 30.3 Å². The number of methoxy groups -OCH3 is 5. The molecule has 0 aliphatic carbocycles. The van der Waals surface area contributed by atoms with Crippen LogP contribution in [-0.4, -0.2) is 52.9 Å². The predicted octanol–water partition coefficient (Wildman–Crippen LogP) is 3.32. The minimum absolute atomic E-state index is 0.00319. The zero-order valence-electron chi connectivity index (χ0n) is 17.9. The number of hydrogen-bond acceptors (Lipinski definition) is 6. The van der Waals surface area contributed by atoms with Crippen molar-refractivity contribution in [2.75, 3.05) is 42.1 Å². The lowest BCUT2D eigenvalue weighted by Gasteiger charge is -2.22. The highest BCUT2D eigenvalue weighted by atomic mass is 16.5. The Kier molecular flexibility index (Phi) is 8.00. The van der Waals surface area contributed by atoms with Gasteiger partial charge < -0.3 is 28.6 Å². The van der Waals surface area contributed by atoms with E-state index in [4.69, 9.17) is 23.7 Å². The third kappa shape index (κ3) is 5.25. The second-order valence-electron chi connectivity index (χ2n) is 6.31. The fourth-order valence-corrected chi connectivity index (χ4v) is 3.10. The monoisotopic (exact) mass is 403 g/mol. The third-order valence-electron chi connectivity index (χ3n) is 4.64. The maximum Gasteiger partial charge on any atom is 0.227 e. The maximum atomic E-state index is 12.9. The van der Waals surface area contributed by atoms with Crippen LogP contribution in [0.2, 0.25) is 0 Å². The molecular weight excluding hydrogens is 374 g/mol. The molecule has 2 aromatic rings. The number of benzene rings is 2. The number of ether oxygens (including phenoxy) is 5. The van der Waals surface area contributed by atoms with E-state index in [1.165, 1.54) is 0 Å². The molecule has 0 spiro atoms. The van der Waals surface area contributed by atoms with Crippen LogP contribution in [0.5, 0.6) is 28.7 Å². The molecule has 0 bridgehead atoms. The summed E-state index contributed by atoms with van der Waals surface area (Å²) in [6.07, 6.45) is 0.220. The lowest BCUT2D eigenvalue weighted by atomic mass is 10.1. The van der Waals surface area contributed by atoms with E-state index in [1.807, 2.05) is 25.1 Å². The second-order valence-corrected chi connectivity index (χ2v) is 6.31. The van der Waals surface area contributed by atoms with Crippen molar-refractivity contribution in [3.05, 3.63) is 41.5 Å². The van der Waals surface area contributed by atoms with Gasteiger partial charge in [0.1, 0.15) is 0 Å². The Labute approximate surface area is 172 Å². The zero-order chi connectivity index (χ0) is 21.4. The molecule has 0 aliphatic rings. The van der Waals surface area contributed by atoms with Gasteiger partial charge in [-0.3, -0.25) is 4.79 Å². The summed E-state index contributed by atoms with van der Waals surface area (Å²) < 4.78 is 26.7. The number of amides is 1. The van der Waals surface area contributed by atoms with Crippen molar-refractivity contribution < 1.29 is 28.5 Å². The summed E-state index contributed by atoms with van der Waals surface area (Å²) in [7, 11) is 7.84. The van der Waals surface area contributed by atoms with Crippen LogP contribution in [0, 0.1) is 0 Å². The van der Waals surface area contributed by atoms with Crippen molar-refractivity contribution in [2.45, 2.75) is 19.9 Å². The molecule has 0 unspecified atom stereocenters. The lowest BCUT2D eigenvalue weighted by molar-refractivity contribution is -0.130. The molecule has 7 nitrogen and oxygen atoms in total. The summed E-state index contributed by atoms with van der Waals surface area (Å²) in [6, 6.07) is 9.24. The molecule has 0 radical (unpaired) electrons. The molecule has 0 heterocycles. The summed E-state index contributed by atoms with van der Waals surface area (Å²) in [5.74, 6) is 2.84. The SMILES string of the molecule is CCN(Cc1ccc(OC)c(OC)c1)C(=O)Cc1cc(OC)c(OC)c(OC)c1. The van der Waals surface area contributed by atoms with E-state index in [0.717, 1.165) is 11.1 Å². The Bertz CT molecular complexity index is 811. The largest absolute Gasteiger partial charge is 0.493 e. The summed E-state index contributed by atoms with van der Waals surface area (Å²) >= 11 is 0. The highest BCUT2D eigenvalue weighted by Crippen LogP contribution is 2.38. The first kappa shape index (κ1) is 22.2. The van der Waals surface area contributed by atoms with E-state index in [-0.39, 0.29) is 12.3 Å². The van der Waals surface area contributed by atoms with Gasteiger partial charge in [-0.2, -0.15) is 0 Å². The van der Waals surface area contributed by atoms with Crippen LogP contribution in [0.25, 0.3) is 0 Å². The molecule has 1 amide bonds. The summed E-state index contributed by atoms with van der Waals surface area (Å²) in [6.45, 7) is 3.01. The molecule has 0 saturated carbocycles. The molecule has 2 rings (SSSR count). The van der Waals surface area contributed by atoms with Gasteiger partial charge >= 0.3 is 0 Å². The smallest absolute Gasteiger partial charge is 0.227 e. The highest BCUT2D eigenvalue weighted by Gasteiger charge is 2.18. The summed E-state index contributed by atoms with van der Waals surface area (Å²) in [5.41, 5.74) is 1.75. The van der Waals surface area contributed by atoms with Gasteiger partial charge in [0.05, 0.1) is 42.0 Å². The van der Waals surface area contributed by atoms with Gasteiger partial charge in [-0.15, -0.1) is 0 Å². The van der Waals surface area contributed by atoms with Crippen LogP contribution < -0.4 is 23.7 Å². The van der Waals surface area contributed by atoms with Crippen molar-refractivity contribution in [2.24, 2.45) is 0 Å². The Morgan fingerprint density at radius 1 is 0.759 bits per heavy atom. The fourth-order valence-electron chi connectivity index (χ4n) is 3.10. The van der Waals surface area contributed by atoms with Crippen LogP contribution >= 0.6 is 0 Å². The first-order valence-corrected chi connectivity index (χ1v) is 9.28. The quantitative estimate of drug-likeness (QED) is 0.606. The van der Waals surface area contributed by atoms with E-state index < -0.39 is 0 Å². The van der Waals surface area contributed by atoms with Crippen molar-refractivity contribution >= 4 is 5.91 Å². The molecule has 2 aromatic carbocycles. The Morgan fingerprint density at radius 2 is 1.31 bits per heavy atom. The molecule has 0 aliphatic heterocycles. The van der Waals surface area contributed by atoms with Gasteiger partial charge in [0.25, 0.3) is 0 Å². The lowest BCUT2D eigenvalue weighted by Crippen LogP contribution is -2.31. The number of hydrogen-bond donors (Lipinski definition) is 0. The molecule has 0 saturated heterocycles.